The predicted octanol–water partition coefficient (Wildman–Crippen LogP) is 3.69. The number of thiazole rings is 1. The van der Waals surface area contributed by atoms with Crippen LogP contribution in [-0.2, 0) is 6.54 Å². The molecule has 0 saturated carbocycles. The van der Waals surface area contributed by atoms with E-state index in [2.05, 4.69) is 28.5 Å². The molecule has 0 unspecified atom stereocenters. The van der Waals surface area contributed by atoms with Crippen LogP contribution in [0.25, 0.3) is 4.96 Å². The van der Waals surface area contributed by atoms with Crippen molar-refractivity contribution in [3.8, 4) is 11.6 Å². The van der Waals surface area contributed by atoms with Crippen LogP contribution < -0.4 is 10.1 Å². The van der Waals surface area contributed by atoms with Gasteiger partial charge in [-0.1, -0.05) is 32.0 Å². The molecular weight excluding hydrogens is 270 g/mol. The zero-order valence-corrected chi connectivity index (χ0v) is 12.4. The van der Waals surface area contributed by atoms with Crippen molar-refractivity contribution in [2.75, 3.05) is 0 Å². The summed E-state index contributed by atoms with van der Waals surface area (Å²) in [5.41, 5.74) is 1.05. The third kappa shape index (κ3) is 2.69. The number of rotatable bonds is 5. The van der Waals surface area contributed by atoms with Crippen LogP contribution in [0.15, 0.2) is 41.9 Å². The first kappa shape index (κ1) is 13.1. The Bertz CT molecular complexity index is 688. The predicted molar refractivity (Wildman–Crippen MR) is 81.6 cm³/mol. The van der Waals surface area contributed by atoms with E-state index in [1.54, 1.807) is 11.3 Å². The Hall–Kier alpha value is -1.85. The van der Waals surface area contributed by atoms with Gasteiger partial charge in [-0.05, 0) is 12.1 Å². The molecule has 4 nitrogen and oxygen atoms in total. The highest BCUT2D eigenvalue weighted by Crippen LogP contribution is 2.27. The first-order valence-corrected chi connectivity index (χ1v) is 7.52. The summed E-state index contributed by atoms with van der Waals surface area (Å²) >= 11 is 1.61. The number of nitrogens with one attached hydrogen (secondary N) is 1. The van der Waals surface area contributed by atoms with Crippen molar-refractivity contribution in [3.63, 3.8) is 0 Å². The molecular formula is C15H17N3OS. The largest absolute Gasteiger partial charge is 0.437 e. The molecule has 0 aliphatic carbocycles. The third-order valence-electron chi connectivity index (χ3n) is 2.96. The van der Waals surface area contributed by atoms with Gasteiger partial charge in [0.1, 0.15) is 11.4 Å². The summed E-state index contributed by atoms with van der Waals surface area (Å²) in [6, 6.07) is 10.2. The van der Waals surface area contributed by atoms with Gasteiger partial charge in [-0.3, -0.25) is 4.40 Å². The van der Waals surface area contributed by atoms with Gasteiger partial charge in [0.2, 0.25) is 5.88 Å². The molecule has 3 rings (SSSR count). The van der Waals surface area contributed by atoms with Crippen LogP contribution in [0, 0.1) is 0 Å². The van der Waals surface area contributed by atoms with Crippen LogP contribution in [0.2, 0.25) is 0 Å². The zero-order valence-electron chi connectivity index (χ0n) is 11.5. The van der Waals surface area contributed by atoms with Crippen molar-refractivity contribution in [2.45, 2.75) is 26.4 Å². The van der Waals surface area contributed by atoms with Gasteiger partial charge < -0.3 is 10.1 Å². The van der Waals surface area contributed by atoms with Crippen LogP contribution in [0.3, 0.4) is 0 Å². The molecule has 0 bridgehead atoms. The van der Waals surface area contributed by atoms with Crippen LogP contribution in [0.1, 0.15) is 19.5 Å². The lowest BCUT2D eigenvalue weighted by molar-refractivity contribution is 0.452. The van der Waals surface area contributed by atoms with Gasteiger partial charge in [0.15, 0.2) is 4.96 Å². The van der Waals surface area contributed by atoms with E-state index in [4.69, 9.17) is 4.74 Å². The van der Waals surface area contributed by atoms with Crippen LogP contribution in [-0.4, -0.2) is 15.4 Å². The van der Waals surface area contributed by atoms with Gasteiger partial charge >= 0.3 is 0 Å². The smallest absolute Gasteiger partial charge is 0.243 e. The number of benzene rings is 1. The quantitative estimate of drug-likeness (QED) is 0.778. The second-order valence-electron chi connectivity index (χ2n) is 4.87. The zero-order chi connectivity index (χ0) is 13.9. The van der Waals surface area contributed by atoms with Crippen molar-refractivity contribution in [1.29, 1.82) is 0 Å². The third-order valence-corrected chi connectivity index (χ3v) is 3.72. The van der Waals surface area contributed by atoms with E-state index >= 15 is 0 Å². The average molecular weight is 287 g/mol. The maximum absolute atomic E-state index is 5.92. The number of ether oxygens (including phenoxy) is 1. The molecule has 0 aliphatic heterocycles. The standard InChI is InChI=1S/C15H17N3OS/c1-11(2)16-10-13-14(17-15-18(13)8-9-20-15)19-12-6-4-3-5-7-12/h3-9,11,16H,10H2,1-2H3. The van der Waals surface area contributed by atoms with E-state index in [1.807, 2.05) is 41.9 Å². The highest BCUT2D eigenvalue weighted by molar-refractivity contribution is 7.15. The van der Waals surface area contributed by atoms with E-state index in [0.29, 0.717) is 11.9 Å². The molecule has 0 spiro atoms. The fourth-order valence-corrected chi connectivity index (χ4v) is 2.68. The van der Waals surface area contributed by atoms with Crippen molar-refractivity contribution >= 4 is 16.3 Å². The molecule has 0 fully saturated rings. The van der Waals surface area contributed by atoms with Gasteiger partial charge in [-0.15, -0.1) is 11.3 Å². The molecule has 2 aromatic heterocycles. The Morgan fingerprint density at radius 2 is 2.10 bits per heavy atom. The Kier molecular flexibility index (Phi) is 3.71. The normalized spacial score (nSPS) is 11.3. The molecule has 20 heavy (non-hydrogen) atoms. The number of hydrogen-bond donors (Lipinski definition) is 1. The summed E-state index contributed by atoms with van der Waals surface area (Å²) in [7, 11) is 0. The van der Waals surface area contributed by atoms with Crippen LogP contribution in [0.4, 0.5) is 0 Å². The number of aromatic nitrogens is 2. The van der Waals surface area contributed by atoms with Gasteiger partial charge in [0.05, 0.1) is 0 Å². The minimum atomic E-state index is 0.420. The van der Waals surface area contributed by atoms with Crippen molar-refractivity contribution < 1.29 is 4.74 Å². The van der Waals surface area contributed by atoms with Crippen molar-refractivity contribution in [3.05, 3.63) is 47.6 Å². The monoisotopic (exact) mass is 287 g/mol. The van der Waals surface area contributed by atoms with Gasteiger partial charge in [0.25, 0.3) is 0 Å². The number of para-hydroxylation sites is 1. The number of hydrogen-bond acceptors (Lipinski definition) is 4. The molecule has 0 aliphatic rings. The van der Waals surface area contributed by atoms with Crippen LogP contribution in [0.5, 0.6) is 11.6 Å². The lowest BCUT2D eigenvalue weighted by atomic mass is 10.3. The van der Waals surface area contributed by atoms with E-state index in [1.165, 1.54) is 0 Å². The van der Waals surface area contributed by atoms with Crippen LogP contribution >= 0.6 is 11.3 Å². The van der Waals surface area contributed by atoms with E-state index in [9.17, 15) is 0 Å². The molecule has 0 saturated heterocycles. The molecule has 104 valence electrons. The SMILES string of the molecule is CC(C)NCc1c(Oc2ccccc2)nc2sccn12. The fraction of sp³-hybridized carbons (Fsp3) is 0.267. The Balaban J connectivity index is 1.92. The minimum Gasteiger partial charge on any atom is -0.437 e. The maximum Gasteiger partial charge on any atom is 0.243 e. The summed E-state index contributed by atoms with van der Waals surface area (Å²) in [5.74, 6) is 1.49. The Morgan fingerprint density at radius 3 is 2.85 bits per heavy atom. The fourth-order valence-electron chi connectivity index (χ4n) is 1.96. The summed E-state index contributed by atoms with van der Waals surface area (Å²) in [4.78, 5) is 5.52. The Morgan fingerprint density at radius 1 is 1.30 bits per heavy atom. The summed E-state index contributed by atoms with van der Waals surface area (Å²) in [6.07, 6.45) is 2.03. The number of fused-ring (bicyclic) bond motifs is 1. The van der Waals surface area contributed by atoms with E-state index in [0.717, 1.165) is 22.9 Å². The second-order valence-corrected chi connectivity index (χ2v) is 5.74. The molecule has 2 heterocycles. The van der Waals surface area contributed by atoms with Gasteiger partial charge in [-0.25, -0.2) is 0 Å². The Labute approximate surface area is 122 Å². The van der Waals surface area contributed by atoms with Crippen molar-refractivity contribution in [2.24, 2.45) is 0 Å². The molecule has 5 heteroatoms. The highest BCUT2D eigenvalue weighted by atomic mass is 32.1. The average Bonchev–Trinajstić information content (AvgIpc) is 2.99. The molecule has 0 atom stereocenters. The maximum atomic E-state index is 5.92. The topological polar surface area (TPSA) is 38.6 Å². The summed E-state index contributed by atoms with van der Waals surface area (Å²) in [5, 5.41) is 5.46. The van der Waals surface area contributed by atoms with Gasteiger partial charge in [-0.2, -0.15) is 4.98 Å². The summed E-state index contributed by atoms with van der Waals surface area (Å²) < 4.78 is 8.00. The molecule has 3 aromatic rings. The molecule has 1 N–H and O–H groups in total. The van der Waals surface area contributed by atoms with Crippen molar-refractivity contribution in [1.82, 2.24) is 14.7 Å². The molecule has 0 amide bonds. The molecule has 1 aromatic carbocycles. The lowest BCUT2D eigenvalue weighted by Gasteiger charge is -2.09. The van der Waals surface area contributed by atoms with E-state index in [-0.39, 0.29) is 0 Å². The van der Waals surface area contributed by atoms with Gasteiger partial charge in [0, 0.05) is 24.2 Å². The lowest BCUT2D eigenvalue weighted by Crippen LogP contribution is -2.22. The first-order valence-electron chi connectivity index (χ1n) is 6.65. The highest BCUT2D eigenvalue weighted by Gasteiger charge is 2.15. The first-order chi connectivity index (χ1) is 9.74. The second kappa shape index (κ2) is 5.64. The summed E-state index contributed by atoms with van der Waals surface area (Å²) in [6.45, 7) is 4.99. The van der Waals surface area contributed by atoms with E-state index < -0.39 is 0 Å². The molecule has 0 radical (unpaired) electrons. The minimum absolute atomic E-state index is 0.420. The number of nitrogens with zero attached hydrogens (tertiary/aromatic N) is 2. The number of imidazole rings is 1.